The van der Waals surface area contributed by atoms with Crippen LogP contribution in [0.15, 0.2) is 29.3 Å². The number of likely N-dealkylation sites (N-methyl/N-ethyl adjacent to an activating group) is 1. The van der Waals surface area contributed by atoms with Crippen molar-refractivity contribution in [3.05, 3.63) is 35.6 Å². The van der Waals surface area contributed by atoms with Crippen molar-refractivity contribution in [2.45, 2.75) is 32.4 Å². The van der Waals surface area contributed by atoms with Crippen molar-refractivity contribution < 1.29 is 13.9 Å². The smallest absolute Gasteiger partial charge is 0.410 e. The van der Waals surface area contributed by atoms with Crippen molar-refractivity contribution in [1.82, 2.24) is 14.7 Å². The zero-order valence-electron chi connectivity index (χ0n) is 17.5. The number of nitrogens with zero attached hydrogens (tertiary/aromatic N) is 4. The lowest BCUT2D eigenvalue weighted by Gasteiger charge is -2.36. The van der Waals surface area contributed by atoms with Crippen LogP contribution >= 0.6 is 0 Å². The topological polar surface area (TPSA) is 74.4 Å². The van der Waals surface area contributed by atoms with Gasteiger partial charge in [-0.25, -0.2) is 9.18 Å². The highest BCUT2D eigenvalue weighted by atomic mass is 19.1. The van der Waals surface area contributed by atoms with Crippen molar-refractivity contribution in [3.8, 4) is 0 Å². The van der Waals surface area contributed by atoms with Crippen LogP contribution in [0.3, 0.4) is 0 Å². The van der Waals surface area contributed by atoms with Crippen LogP contribution in [-0.4, -0.2) is 79.2 Å². The fourth-order valence-electron chi connectivity index (χ4n) is 2.98. The van der Waals surface area contributed by atoms with E-state index < -0.39 is 5.60 Å². The zero-order valence-corrected chi connectivity index (χ0v) is 17.5. The molecular weight excluding hydrogens is 361 g/mol. The summed E-state index contributed by atoms with van der Waals surface area (Å²) < 4.78 is 18.6. The van der Waals surface area contributed by atoms with Crippen LogP contribution in [0.4, 0.5) is 9.18 Å². The average molecular weight is 394 g/mol. The maximum Gasteiger partial charge on any atom is 0.410 e. The Labute approximate surface area is 166 Å². The van der Waals surface area contributed by atoms with E-state index in [1.165, 1.54) is 12.1 Å². The van der Waals surface area contributed by atoms with E-state index in [4.69, 9.17) is 10.5 Å². The summed E-state index contributed by atoms with van der Waals surface area (Å²) in [6, 6.07) is 6.45. The molecule has 0 saturated carbocycles. The Kier molecular flexibility index (Phi) is 7.23. The Hall–Kier alpha value is -2.35. The molecule has 0 aromatic heterocycles. The van der Waals surface area contributed by atoms with E-state index in [-0.39, 0.29) is 18.0 Å². The molecule has 0 bridgehead atoms. The average Bonchev–Trinajstić information content (AvgIpc) is 2.61. The standard InChI is InChI=1S/C20H32FN5O2/c1-20(2,3)28-19(27)26-12-10-25(11-13-26)18(22)23-14-17(24(4)5)15-6-8-16(21)9-7-15/h6-9,17H,10-14H2,1-5H3,(H2,22,23). The van der Waals surface area contributed by atoms with Gasteiger partial charge in [-0.15, -0.1) is 0 Å². The SMILES string of the molecule is CN(C)C(CN=C(N)N1CCN(C(=O)OC(C)(C)C)CC1)c1ccc(F)cc1. The molecule has 1 atom stereocenters. The Balaban J connectivity index is 1.93. The van der Waals surface area contributed by atoms with Gasteiger partial charge in [-0.3, -0.25) is 4.99 Å². The molecule has 1 heterocycles. The first-order valence-electron chi connectivity index (χ1n) is 9.51. The summed E-state index contributed by atoms with van der Waals surface area (Å²) in [4.78, 5) is 22.4. The van der Waals surface area contributed by atoms with Crippen LogP contribution in [-0.2, 0) is 4.74 Å². The summed E-state index contributed by atoms with van der Waals surface area (Å²) in [5.74, 6) is 0.199. The van der Waals surface area contributed by atoms with Crippen molar-refractivity contribution in [2.24, 2.45) is 10.7 Å². The molecule has 1 aromatic carbocycles. The number of nitrogens with two attached hydrogens (primary N) is 1. The van der Waals surface area contributed by atoms with E-state index >= 15 is 0 Å². The molecule has 2 rings (SSSR count). The number of guanidine groups is 1. The maximum atomic E-state index is 13.2. The molecule has 1 saturated heterocycles. The number of hydrogen-bond donors (Lipinski definition) is 1. The molecule has 2 N–H and O–H groups in total. The highest BCUT2D eigenvalue weighted by molar-refractivity contribution is 5.78. The number of halogens is 1. The second-order valence-corrected chi connectivity index (χ2v) is 8.18. The second-order valence-electron chi connectivity index (χ2n) is 8.18. The van der Waals surface area contributed by atoms with E-state index in [0.717, 1.165) is 5.56 Å². The Morgan fingerprint density at radius 3 is 2.21 bits per heavy atom. The number of ether oxygens (including phenoxy) is 1. The third-order valence-electron chi connectivity index (χ3n) is 4.56. The first-order chi connectivity index (χ1) is 13.1. The Morgan fingerprint density at radius 1 is 1.18 bits per heavy atom. The molecule has 0 radical (unpaired) electrons. The number of carbonyl (C=O) groups is 1. The molecule has 8 heteroatoms. The maximum absolute atomic E-state index is 13.2. The van der Waals surface area contributed by atoms with E-state index in [2.05, 4.69) is 4.99 Å². The summed E-state index contributed by atoms with van der Waals surface area (Å²) in [6.07, 6.45) is -0.299. The highest BCUT2D eigenvalue weighted by Gasteiger charge is 2.26. The largest absolute Gasteiger partial charge is 0.444 e. The van der Waals surface area contributed by atoms with Crippen LogP contribution < -0.4 is 5.73 Å². The van der Waals surface area contributed by atoms with Crippen LogP contribution in [0.25, 0.3) is 0 Å². The minimum atomic E-state index is -0.504. The van der Waals surface area contributed by atoms with Gasteiger partial charge in [0.2, 0.25) is 0 Å². The van der Waals surface area contributed by atoms with Gasteiger partial charge in [-0.2, -0.15) is 0 Å². The van der Waals surface area contributed by atoms with E-state index in [1.807, 2.05) is 44.7 Å². The summed E-state index contributed by atoms with van der Waals surface area (Å²) in [5.41, 5.74) is 6.67. The normalized spacial score (nSPS) is 17.0. The third-order valence-corrected chi connectivity index (χ3v) is 4.56. The summed E-state index contributed by atoms with van der Waals surface area (Å²) in [5, 5.41) is 0. The second kappa shape index (κ2) is 9.23. The van der Waals surface area contributed by atoms with Crippen LogP contribution in [0, 0.1) is 5.82 Å². The zero-order chi connectivity index (χ0) is 20.9. The van der Waals surface area contributed by atoms with Crippen molar-refractivity contribution in [2.75, 3.05) is 46.8 Å². The van der Waals surface area contributed by atoms with Gasteiger partial charge in [0, 0.05) is 26.2 Å². The van der Waals surface area contributed by atoms with Crippen LogP contribution in [0.5, 0.6) is 0 Å². The van der Waals surface area contributed by atoms with E-state index in [9.17, 15) is 9.18 Å². The van der Waals surface area contributed by atoms with Crippen molar-refractivity contribution >= 4 is 12.1 Å². The summed E-state index contributed by atoms with van der Waals surface area (Å²) in [7, 11) is 3.92. The van der Waals surface area contributed by atoms with Crippen molar-refractivity contribution in [3.63, 3.8) is 0 Å². The molecule has 1 aliphatic heterocycles. The molecule has 1 unspecified atom stereocenters. The van der Waals surface area contributed by atoms with Gasteiger partial charge in [-0.05, 0) is 52.6 Å². The molecule has 0 aliphatic carbocycles. The van der Waals surface area contributed by atoms with Gasteiger partial charge in [-0.1, -0.05) is 12.1 Å². The lowest BCUT2D eigenvalue weighted by Crippen LogP contribution is -2.53. The van der Waals surface area contributed by atoms with Crippen LogP contribution in [0.1, 0.15) is 32.4 Å². The molecule has 1 amide bonds. The molecule has 0 spiro atoms. The predicted octanol–water partition coefficient (Wildman–Crippen LogP) is 2.30. The lowest BCUT2D eigenvalue weighted by atomic mass is 10.1. The first kappa shape index (κ1) is 21.9. The Bertz CT molecular complexity index is 677. The molecule has 1 aromatic rings. The van der Waals surface area contributed by atoms with Gasteiger partial charge >= 0.3 is 6.09 Å². The predicted molar refractivity (Wildman–Crippen MR) is 109 cm³/mol. The fraction of sp³-hybridized carbons (Fsp3) is 0.600. The molecule has 156 valence electrons. The minimum Gasteiger partial charge on any atom is -0.444 e. The number of rotatable bonds is 4. The van der Waals surface area contributed by atoms with E-state index in [0.29, 0.717) is 38.7 Å². The van der Waals surface area contributed by atoms with Gasteiger partial charge in [0.25, 0.3) is 0 Å². The van der Waals surface area contributed by atoms with Crippen LogP contribution in [0.2, 0.25) is 0 Å². The molecule has 28 heavy (non-hydrogen) atoms. The quantitative estimate of drug-likeness (QED) is 0.628. The van der Waals surface area contributed by atoms with E-state index in [1.54, 1.807) is 17.0 Å². The monoisotopic (exact) mass is 393 g/mol. The van der Waals surface area contributed by atoms with Gasteiger partial charge in [0.1, 0.15) is 11.4 Å². The van der Waals surface area contributed by atoms with Gasteiger partial charge in [0.05, 0.1) is 12.6 Å². The number of carbonyl (C=O) groups excluding carboxylic acids is 1. The molecule has 1 fully saturated rings. The number of hydrogen-bond acceptors (Lipinski definition) is 4. The van der Waals surface area contributed by atoms with Gasteiger partial charge < -0.3 is 25.2 Å². The summed E-state index contributed by atoms with van der Waals surface area (Å²) >= 11 is 0. The fourth-order valence-corrected chi connectivity index (χ4v) is 2.98. The number of aliphatic imine (C=N–C) groups is 1. The number of benzene rings is 1. The summed E-state index contributed by atoms with van der Waals surface area (Å²) in [6.45, 7) is 8.34. The molecule has 7 nitrogen and oxygen atoms in total. The Morgan fingerprint density at radius 2 is 1.71 bits per heavy atom. The third kappa shape index (κ3) is 6.37. The van der Waals surface area contributed by atoms with Gasteiger partial charge in [0.15, 0.2) is 5.96 Å². The lowest BCUT2D eigenvalue weighted by molar-refractivity contribution is 0.0186. The number of amides is 1. The molecular formula is C20H32FN5O2. The highest BCUT2D eigenvalue weighted by Crippen LogP contribution is 2.19. The molecule has 1 aliphatic rings. The first-order valence-corrected chi connectivity index (χ1v) is 9.51. The van der Waals surface area contributed by atoms with Crippen molar-refractivity contribution in [1.29, 1.82) is 0 Å². The minimum absolute atomic E-state index is 0.00204. The number of piperazine rings is 1.